The summed E-state index contributed by atoms with van der Waals surface area (Å²) in [6.45, 7) is -0.117. The van der Waals surface area contributed by atoms with Gasteiger partial charge < -0.3 is 10.2 Å². The molecule has 8 heteroatoms. The van der Waals surface area contributed by atoms with Crippen LogP contribution in [0.3, 0.4) is 0 Å². The van der Waals surface area contributed by atoms with E-state index in [1.54, 1.807) is 0 Å². The highest BCUT2D eigenvalue weighted by Crippen LogP contribution is 2.23. The Balaban J connectivity index is 2.13. The predicted octanol–water partition coefficient (Wildman–Crippen LogP) is 1.68. The fraction of sp³-hybridized carbons (Fsp3) is 0.111. The number of halogens is 2. The minimum absolute atomic E-state index is 0.117. The second-order valence-corrected chi connectivity index (χ2v) is 3.79. The van der Waals surface area contributed by atoms with Gasteiger partial charge in [-0.15, -0.1) is 5.10 Å². The Bertz CT molecular complexity index is 499. The maximum Gasteiger partial charge on any atom is 0.191 e. The number of hydrogen-bond donors (Lipinski definition) is 2. The molecule has 0 unspecified atom stereocenters. The molecule has 2 aromatic rings. The molecule has 0 bridgehead atoms. The van der Waals surface area contributed by atoms with Gasteiger partial charge in [0.15, 0.2) is 22.4 Å². The number of nitrogens with zero attached hydrogens (tertiary/aromatic N) is 2. The van der Waals surface area contributed by atoms with Crippen LogP contribution >= 0.6 is 11.5 Å². The first-order valence-corrected chi connectivity index (χ1v) is 5.34. The number of nitrogens with two attached hydrogens (primary N) is 1. The zero-order chi connectivity index (χ0) is 12.3. The molecule has 0 atom stereocenters. The van der Waals surface area contributed by atoms with Crippen LogP contribution in [-0.4, -0.2) is 9.59 Å². The molecular formula is C9H8F2N4OS. The van der Waals surface area contributed by atoms with Crippen LogP contribution in [0.5, 0.6) is 5.75 Å². The Morgan fingerprint density at radius 2 is 2.06 bits per heavy atom. The van der Waals surface area contributed by atoms with Crippen molar-refractivity contribution in [2.45, 2.75) is 6.61 Å². The van der Waals surface area contributed by atoms with Crippen LogP contribution < -0.4 is 16.0 Å². The first-order valence-electron chi connectivity index (χ1n) is 4.57. The van der Waals surface area contributed by atoms with Gasteiger partial charge in [0.25, 0.3) is 0 Å². The Labute approximate surface area is 99.3 Å². The lowest BCUT2D eigenvalue weighted by Crippen LogP contribution is -2.09. The first kappa shape index (κ1) is 11.7. The molecule has 17 heavy (non-hydrogen) atoms. The van der Waals surface area contributed by atoms with Crippen molar-refractivity contribution in [1.82, 2.24) is 9.59 Å². The van der Waals surface area contributed by atoms with E-state index in [1.807, 2.05) is 0 Å². The van der Waals surface area contributed by atoms with Gasteiger partial charge >= 0.3 is 0 Å². The molecule has 90 valence electrons. The third kappa shape index (κ3) is 2.48. The van der Waals surface area contributed by atoms with E-state index < -0.39 is 17.4 Å². The van der Waals surface area contributed by atoms with Crippen molar-refractivity contribution in [3.8, 4) is 5.75 Å². The first-order chi connectivity index (χ1) is 8.22. The number of rotatable bonds is 4. The summed E-state index contributed by atoms with van der Waals surface area (Å²) in [4.78, 5) is 0. The summed E-state index contributed by atoms with van der Waals surface area (Å²) in [7, 11) is 0. The number of nitrogens with one attached hydrogen (secondary N) is 1. The van der Waals surface area contributed by atoms with Gasteiger partial charge in [0, 0.05) is 11.5 Å². The number of hydrazine groups is 1. The van der Waals surface area contributed by atoms with Crippen LogP contribution in [0.2, 0.25) is 0 Å². The molecule has 2 rings (SSSR count). The number of benzene rings is 1. The fourth-order valence-corrected chi connectivity index (χ4v) is 1.65. The maximum atomic E-state index is 13.2. The molecule has 0 fully saturated rings. The highest BCUT2D eigenvalue weighted by Gasteiger charge is 2.12. The van der Waals surface area contributed by atoms with Crippen molar-refractivity contribution in [3.63, 3.8) is 0 Å². The fourth-order valence-electron chi connectivity index (χ4n) is 1.17. The molecule has 0 radical (unpaired) electrons. The Morgan fingerprint density at radius 1 is 1.35 bits per heavy atom. The number of aromatic nitrogens is 2. The Hall–Kier alpha value is -1.80. The summed E-state index contributed by atoms with van der Waals surface area (Å²) in [5, 5.41) is 4.21. The third-order valence-corrected chi connectivity index (χ3v) is 2.66. The van der Waals surface area contributed by atoms with Crippen molar-refractivity contribution in [1.29, 1.82) is 0 Å². The lowest BCUT2D eigenvalue weighted by atomic mass is 10.3. The smallest absolute Gasteiger partial charge is 0.191 e. The maximum absolute atomic E-state index is 13.2. The van der Waals surface area contributed by atoms with E-state index >= 15 is 0 Å². The van der Waals surface area contributed by atoms with Gasteiger partial charge in [-0.25, -0.2) is 14.6 Å². The standard InChI is InChI=1S/C9H8F2N4OS/c10-5-2-1-3-6(11)8(5)16-4-7-9(13-12)17-15-14-7/h1-3,13H,4,12H2. The molecule has 0 saturated heterocycles. The third-order valence-electron chi connectivity index (χ3n) is 1.96. The minimum Gasteiger partial charge on any atom is -0.481 e. The molecule has 5 nitrogen and oxygen atoms in total. The highest BCUT2D eigenvalue weighted by molar-refractivity contribution is 7.10. The van der Waals surface area contributed by atoms with Crippen LogP contribution in [0.1, 0.15) is 5.69 Å². The predicted molar refractivity (Wildman–Crippen MR) is 58.4 cm³/mol. The average Bonchev–Trinajstić information content (AvgIpc) is 2.76. The lowest BCUT2D eigenvalue weighted by Gasteiger charge is -2.06. The van der Waals surface area contributed by atoms with Gasteiger partial charge in [0.05, 0.1) is 0 Å². The van der Waals surface area contributed by atoms with Crippen LogP contribution in [0.4, 0.5) is 13.8 Å². The van der Waals surface area contributed by atoms with Crippen molar-refractivity contribution < 1.29 is 13.5 Å². The molecule has 3 N–H and O–H groups in total. The molecule has 0 saturated carbocycles. The molecule has 0 amide bonds. The SMILES string of the molecule is NNc1snnc1COc1c(F)cccc1F. The van der Waals surface area contributed by atoms with E-state index in [-0.39, 0.29) is 6.61 Å². The van der Waals surface area contributed by atoms with Crippen LogP contribution in [0.15, 0.2) is 18.2 Å². The zero-order valence-electron chi connectivity index (χ0n) is 8.48. The lowest BCUT2D eigenvalue weighted by molar-refractivity contribution is 0.270. The van der Waals surface area contributed by atoms with E-state index in [2.05, 4.69) is 15.0 Å². The van der Waals surface area contributed by atoms with E-state index in [1.165, 1.54) is 6.07 Å². The molecule has 0 aliphatic heterocycles. The molecule has 0 aliphatic carbocycles. The summed E-state index contributed by atoms with van der Waals surface area (Å²) in [5.74, 6) is 3.22. The van der Waals surface area contributed by atoms with Gasteiger partial charge in [-0.3, -0.25) is 0 Å². The van der Waals surface area contributed by atoms with Crippen molar-refractivity contribution in [2.24, 2.45) is 5.84 Å². The molecule has 0 aliphatic rings. The summed E-state index contributed by atoms with van der Waals surface area (Å²) in [5.41, 5.74) is 2.76. The number of anilines is 1. The van der Waals surface area contributed by atoms with Gasteiger partial charge in [-0.1, -0.05) is 10.6 Å². The van der Waals surface area contributed by atoms with E-state index in [0.717, 1.165) is 23.7 Å². The highest BCUT2D eigenvalue weighted by atomic mass is 32.1. The van der Waals surface area contributed by atoms with Crippen molar-refractivity contribution in [2.75, 3.05) is 5.43 Å². The molecule has 1 heterocycles. The largest absolute Gasteiger partial charge is 0.481 e. The average molecular weight is 258 g/mol. The summed E-state index contributed by atoms with van der Waals surface area (Å²) in [6.07, 6.45) is 0. The van der Waals surface area contributed by atoms with Gasteiger partial charge in [0.1, 0.15) is 12.3 Å². The van der Waals surface area contributed by atoms with Gasteiger partial charge in [0.2, 0.25) is 0 Å². The number of hydrogen-bond acceptors (Lipinski definition) is 6. The number of nitrogen functional groups attached to an aromatic ring is 1. The molecular weight excluding hydrogens is 250 g/mol. The summed E-state index contributed by atoms with van der Waals surface area (Å²) in [6, 6.07) is 3.48. The molecule has 0 spiro atoms. The minimum atomic E-state index is -0.768. The number of ether oxygens (including phenoxy) is 1. The number of para-hydroxylation sites is 1. The van der Waals surface area contributed by atoms with Crippen LogP contribution in [0.25, 0.3) is 0 Å². The summed E-state index contributed by atoms with van der Waals surface area (Å²) >= 11 is 1.03. The van der Waals surface area contributed by atoms with Crippen molar-refractivity contribution in [3.05, 3.63) is 35.5 Å². The normalized spacial score (nSPS) is 10.3. The Kier molecular flexibility index (Phi) is 3.45. The quantitative estimate of drug-likeness (QED) is 0.644. The van der Waals surface area contributed by atoms with E-state index in [9.17, 15) is 8.78 Å². The summed E-state index contributed by atoms with van der Waals surface area (Å²) < 4.78 is 35.1. The van der Waals surface area contributed by atoms with E-state index in [0.29, 0.717) is 10.7 Å². The second kappa shape index (κ2) is 5.02. The van der Waals surface area contributed by atoms with Crippen LogP contribution in [0, 0.1) is 11.6 Å². The van der Waals surface area contributed by atoms with Crippen LogP contribution in [-0.2, 0) is 6.61 Å². The van der Waals surface area contributed by atoms with Gasteiger partial charge in [-0.05, 0) is 12.1 Å². The van der Waals surface area contributed by atoms with Crippen molar-refractivity contribution >= 4 is 16.5 Å². The molecule has 1 aromatic carbocycles. The monoisotopic (exact) mass is 258 g/mol. The van der Waals surface area contributed by atoms with E-state index in [4.69, 9.17) is 10.6 Å². The molecule has 1 aromatic heterocycles. The zero-order valence-corrected chi connectivity index (χ0v) is 9.30. The van der Waals surface area contributed by atoms with Gasteiger partial charge in [-0.2, -0.15) is 0 Å². The second-order valence-electron chi connectivity index (χ2n) is 3.03. The topological polar surface area (TPSA) is 73.1 Å². The Morgan fingerprint density at radius 3 is 2.71 bits per heavy atom.